The van der Waals surface area contributed by atoms with Gasteiger partial charge in [0.05, 0.1) is 18.7 Å². The van der Waals surface area contributed by atoms with Gasteiger partial charge in [-0.15, -0.1) is 0 Å². The number of primary amides is 1. The van der Waals surface area contributed by atoms with Crippen molar-refractivity contribution >= 4 is 5.91 Å². The second-order valence-electron chi connectivity index (χ2n) is 7.98. The molecule has 1 amide bonds. The summed E-state index contributed by atoms with van der Waals surface area (Å²) in [5, 5.41) is 14.6. The van der Waals surface area contributed by atoms with Crippen molar-refractivity contribution in [2.45, 2.75) is 25.3 Å². The minimum Gasteiger partial charge on any atom is -0.507 e. The van der Waals surface area contributed by atoms with Gasteiger partial charge in [0.1, 0.15) is 17.4 Å². The van der Waals surface area contributed by atoms with Crippen molar-refractivity contribution in [1.82, 2.24) is 14.7 Å². The highest BCUT2D eigenvalue weighted by Gasteiger charge is 2.25. The number of likely N-dealkylation sites (tertiary alicyclic amines) is 1. The first-order valence-corrected chi connectivity index (χ1v) is 10.2. The zero-order chi connectivity index (χ0) is 22.1. The van der Waals surface area contributed by atoms with Gasteiger partial charge in [-0.25, -0.2) is 8.78 Å². The molecule has 0 aliphatic carbocycles. The Balaban J connectivity index is 1.84. The molecule has 6 nitrogen and oxygen atoms in total. The molecule has 0 bridgehead atoms. The minimum absolute atomic E-state index is 0.0590. The van der Waals surface area contributed by atoms with Crippen LogP contribution in [0.3, 0.4) is 0 Å². The molecule has 2 aromatic carbocycles. The zero-order valence-electron chi connectivity index (χ0n) is 17.2. The van der Waals surface area contributed by atoms with Crippen LogP contribution in [0.1, 0.15) is 24.4 Å². The molecule has 3 N–H and O–H groups in total. The van der Waals surface area contributed by atoms with E-state index in [1.165, 1.54) is 18.3 Å². The van der Waals surface area contributed by atoms with Crippen molar-refractivity contribution in [2.24, 2.45) is 5.73 Å². The number of carbonyl (C=O) groups is 1. The SMILES string of the molecule is CN1CCC(n2cc(-c3c(F)c(-c4ccccc4O)cc(F)c3CC(N)=O)cn2)CC1. The molecule has 162 valence electrons. The molecule has 2 heterocycles. The second-order valence-corrected chi connectivity index (χ2v) is 7.98. The normalized spacial score (nSPS) is 15.3. The standard InChI is InChI=1S/C23H24F2N4O2/c1-28-8-6-15(7-9-28)29-13-14(12-27-29)22-18(11-21(26)31)19(24)10-17(23(22)25)16-4-2-3-5-20(16)30/h2-5,10,12-13,15,30H,6-9,11H2,1H3,(H2,26,31). The van der Waals surface area contributed by atoms with E-state index in [0.717, 1.165) is 32.0 Å². The third kappa shape index (κ3) is 4.16. The second kappa shape index (κ2) is 8.47. The molecular weight excluding hydrogens is 402 g/mol. The van der Waals surface area contributed by atoms with E-state index >= 15 is 8.78 Å². The van der Waals surface area contributed by atoms with Gasteiger partial charge in [-0.3, -0.25) is 9.48 Å². The smallest absolute Gasteiger partial charge is 0.221 e. The summed E-state index contributed by atoms with van der Waals surface area (Å²) >= 11 is 0. The maximum absolute atomic E-state index is 15.7. The Bertz CT molecular complexity index is 1120. The molecular formula is C23H24F2N4O2. The molecule has 1 saturated heterocycles. The molecule has 8 heteroatoms. The van der Waals surface area contributed by atoms with E-state index in [4.69, 9.17) is 5.73 Å². The Morgan fingerprint density at radius 2 is 1.94 bits per heavy atom. The maximum atomic E-state index is 15.7. The number of phenolic OH excluding ortho intramolecular Hbond substituents is 1. The number of amides is 1. The number of nitrogens with two attached hydrogens (primary N) is 1. The number of aromatic nitrogens is 2. The third-order valence-corrected chi connectivity index (χ3v) is 5.81. The highest BCUT2D eigenvalue weighted by atomic mass is 19.1. The van der Waals surface area contributed by atoms with Crippen molar-refractivity contribution in [3.8, 4) is 28.0 Å². The predicted molar refractivity (Wildman–Crippen MR) is 113 cm³/mol. The lowest BCUT2D eigenvalue weighted by atomic mass is 9.92. The van der Waals surface area contributed by atoms with Crippen LogP contribution in [-0.4, -0.2) is 45.8 Å². The number of halogens is 2. The zero-order valence-corrected chi connectivity index (χ0v) is 17.2. The van der Waals surface area contributed by atoms with Gasteiger partial charge in [0, 0.05) is 34.0 Å². The molecule has 0 saturated carbocycles. The molecule has 31 heavy (non-hydrogen) atoms. The highest BCUT2D eigenvalue weighted by molar-refractivity contribution is 5.84. The molecule has 0 atom stereocenters. The summed E-state index contributed by atoms with van der Waals surface area (Å²) in [5.41, 5.74) is 5.56. The van der Waals surface area contributed by atoms with Crippen LogP contribution < -0.4 is 5.73 Å². The summed E-state index contributed by atoms with van der Waals surface area (Å²) in [6.45, 7) is 1.86. The Labute approximate surface area is 178 Å². The van der Waals surface area contributed by atoms with Crippen LogP contribution in [0.25, 0.3) is 22.3 Å². The van der Waals surface area contributed by atoms with Gasteiger partial charge in [0.25, 0.3) is 0 Å². The number of rotatable bonds is 5. The lowest BCUT2D eigenvalue weighted by Gasteiger charge is -2.29. The molecule has 4 rings (SSSR count). The highest BCUT2D eigenvalue weighted by Crippen LogP contribution is 2.39. The van der Waals surface area contributed by atoms with E-state index in [1.54, 1.807) is 23.0 Å². The van der Waals surface area contributed by atoms with E-state index in [1.807, 2.05) is 0 Å². The molecule has 1 aliphatic rings. The summed E-state index contributed by atoms with van der Waals surface area (Å²) in [4.78, 5) is 13.8. The van der Waals surface area contributed by atoms with Gasteiger partial charge in [-0.05, 0) is 45.1 Å². The van der Waals surface area contributed by atoms with E-state index in [0.29, 0.717) is 5.56 Å². The van der Waals surface area contributed by atoms with Gasteiger partial charge in [-0.2, -0.15) is 5.10 Å². The fraction of sp³-hybridized carbons (Fsp3) is 0.304. The maximum Gasteiger partial charge on any atom is 0.221 e. The lowest BCUT2D eigenvalue weighted by molar-refractivity contribution is -0.117. The number of carbonyl (C=O) groups excluding carboxylic acids is 1. The quantitative estimate of drug-likeness (QED) is 0.654. The number of nitrogens with zero attached hydrogens (tertiary/aromatic N) is 3. The topological polar surface area (TPSA) is 84.4 Å². The van der Waals surface area contributed by atoms with Crippen LogP contribution in [0.2, 0.25) is 0 Å². The van der Waals surface area contributed by atoms with Crippen LogP contribution in [0.4, 0.5) is 8.78 Å². The fourth-order valence-corrected chi connectivity index (χ4v) is 4.14. The summed E-state index contributed by atoms with van der Waals surface area (Å²) < 4.78 is 32.6. The van der Waals surface area contributed by atoms with Crippen molar-refractivity contribution < 1.29 is 18.7 Å². The molecule has 1 fully saturated rings. The summed E-state index contributed by atoms with van der Waals surface area (Å²) in [6, 6.07) is 7.30. The number of para-hydroxylation sites is 1. The molecule has 1 aliphatic heterocycles. The summed E-state index contributed by atoms with van der Waals surface area (Å²) in [7, 11) is 2.06. The molecule has 3 aromatic rings. The molecule has 0 spiro atoms. The first-order chi connectivity index (χ1) is 14.8. The predicted octanol–water partition coefficient (Wildman–Crippen LogP) is 3.50. The van der Waals surface area contributed by atoms with Gasteiger partial charge in [0.15, 0.2) is 0 Å². The Morgan fingerprint density at radius 3 is 2.61 bits per heavy atom. The first kappa shape index (κ1) is 21.0. The number of benzene rings is 2. The van der Waals surface area contributed by atoms with Crippen LogP contribution >= 0.6 is 0 Å². The summed E-state index contributed by atoms with van der Waals surface area (Å²) in [6.07, 6.45) is 4.53. The Kier molecular flexibility index (Phi) is 5.73. The van der Waals surface area contributed by atoms with E-state index in [-0.39, 0.29) is 34.0 Å². The van der Waals surface area contributed by atoms with Crippen LogP contribution in [0.15, 0.2) is 42.7 Å². The van der Waals surface area contributed by atoms with Gasteiger partial charge in [-0.1, -0.05) is 18.2 Å². The summed E-state index contributed by atoms with van der Waals surface area (Å²) in [5.74, 6) is -2.43. The van der Waals surface area contributed by atoms with E-state index < -0.39 is 24.0 Å². The van der Waals surface area contributed by atoms with Crippen LogP contribution in [0.5, 0.6) is 5.75 Å². The first-order valence-electron chi connectivity index (χ1n) is 10.2. The number of phenols is 1. The van der Waals surface area contributed by atoms with Gasteiger partial charge < -0.3 is 15.7 Å². The van der Waals surface area contributed by atoms with E-state index in [9.17, 15) is 9.90 Å². The Hall–Kier alpha value is -3.26. The van der Waals surface area contributed by atoms with Gasteiger partial charge in [0.2, 0.25) is 5.91 Å². The Morgan fingerprint density at radius 1 is 1.23 bits per heavy atom. The molecule has 1 aromatic heterocycles. The van der Waals surface area contributed by atoms with E-state index in [2.05, 4.69) is 17.0 Å². The van der Waals surface area contributed by atoms with Crippen molar-refractivity contribution in [1.29, 1.82) is 0 Å². The fourth-order valence-electron chi connectivity index (χ4n) is 4.14. The lowest BCUT2D eigenvalue weighted by Crippen LogP contribution is -2.31. The van der Waals surface area contributed by atoms with Gasteiger partial charge >= 0.3 is 0 Å². The number of piperidine rings is 1. The van der Waals surface area contributed by atoms with Crippen LogP contribution in [-0.2, 0) is 11.2 Å². The number of aromatic hydroxyl groups is 1. The average Bonchev–Trinajstić information content (AvgIpc) is 3.21. The average molecular weight is 426 g/mol. The van der Waals surface area contributed by atoms with Crippen molar-refractivity contribution in [2.75, 3.05) is 20.1 Å². The largest absolute Gasteiger partial charge is 0.507 e. The van der Waals surface area contributed by atoms with Crippen molar-refractivity contribution in [3.63, 3.8) is 0 Å². The van der Waals surface area contributed by atoms with Crippen LogP contribution in [0, 0.1) is 11.6 Å². The number of hydrogen-bond acceptors (Lipinski definition) is 4. The van der Waals surface area contributed by atoms with Crippen molar-refractivity contribution in [3.05, 3.63) is 59.9 Å². The molecule has 0 unspecified atom stereocenters. The minimum atomic E-state index is -0.766. The number of hydrogen-bond donors (Lipinski definition) is 2. The third-order valence-electron chi connectivity index (χ3n) is 5.81. The monoisotopic (exact) mass is 426 g/mol. The molecule has 0 radical (unpaired) electrons.